The van der Waals surface area contributed by atoms with E-state index in [1.54, 1.807) is 23.0 Å². The van der Waals surface area contributed by atoms with Crippen LogP contribution in [0.3, 0.4) is 0 Å². The molecule has 1 aliphatic heterocycles. The molecule has 1 atom stereocenters. The summed E-state index contributed by atoms with van der Waals surface area (Å²) >= 11 is 0. The number of hydrogen-bond donors (Lipinski definition) is 2. The van der Waals surface area contributed by atoms with E-state index in [9.17, 15) is 14.7 Å². The Labute approximate surface area is 216 Å². The molecule has 1 aromatic carbocycles. The van der Waals surface area contributed by atoms with E-state index in [2.05, 4.69) is 11.9 Å². The monoisotopic (exact) mass is 502 g/mol. The minimum Gasteiger partial charge on any atom is -0.390 e. The zero-order chi connectivity index (χ0) is 26.1. The van der Waals surface area contributed by atoms with Gasteiger partial charge in [0.15, 0.2) is 5.65 Å². The summed E-state index contributed by atoms with van der Waals surface area (Å²) in [5.74, 6) is 6.76. The Kier molecular flexibility index (Phi) is 5.61. The normalized spacial score (nSPS) is 24.4. The summed E-state index contributed by atoms with van der Waals surface area (Å²) in [5, 5.41) is 16.4. The van der Waals surface area contributed by atoms with Crippen LogP contribution in [0.25, 0.3) is 16.9 Å². The summed E-state index contributed by atoms with van der Waals surface area (Å²) in [6, 6.07) is 5.76. The number of aromatic nitrogens is 3. The van der Waals surface area contributed by atoms with Crippen LogP contribution >= 0.6 is 0 Å². The Morgan fingerprint density at radius 1 is 1.24 bits per heavy atom. The summed E-state index contributed by atoms with van der Waals surface area (Å²) in [6.45, 7) is 6.49. The molecular weight excluding hydrogens is 468 g/mol. The summed E-state index contributed by atoms with van der Waals surface area (Å²) in [4.78, 5) is 33.6. The van der Waals surface area contributed by atoms with E-state index in [-0.39, 0.29) is 23.9 Å². The van der Waals surface area contributed by atoms with Gasteiger partial charge >= 0.3 is 0 Å². The standard InChI is InChI=1S/C28H34N6O3/c1-16-13-19(14-20-15-32(26(35)22(16)20)17(2)18-5-6-18)24-23(25-30-11-4-12-33(25)31-24)27(36)34(29)21-7-9-28(3,37)10-8-21/h4,11-14,17-18,21,37H,5-10,15,29H2,1-3H3/t17-,21?,28?/m0/s1. The van der Waals surface area contributed by atoms with Crippen molar-refractivity contribution in [3.05, 3.63) is 52.8 Å². The summed E-state index contributed by atoms with van der Waals surface area (Å²) in [6.07, 6.45) is 8.21. The van der Waals surface area contributed by atoms with Gasteiger partial charge in [-0.1, -0.05) is 0 Å². The fraction of sp³-hybridized carbons (Fsp3) is 0.500. The van der Waals surface area contributed by atoms with Crippen LogP contribution < -0.4 is 5.84 Å². The zero-order valence-corrected chi connectivity index (χ0v) is 21.6. The molecule has 3 heterocycles. The molecule has 0 radical (unpaired) electrons. The molecule has 2 fully saturated rings. The molecule has 0 spiro atoms. The molecule has 194 valence electrons. The number of hydrazine groups is 1. The Morgan fingerprint density at radius 2 is 1.97 bits per heavy atom. The Bertz CT molecular complexity index is 1400. The van der Waals surface area contributed by atoms with Gasteiger partial charge in [0.1, 0.15) is 11.3 Å². The zero-order valence-electron chi connectivity index (χ0n) is 21.6. The average molecular weight is 503 g/mol. The first-order valence-electron chi connectivity index (χ1n) is 13.2. The highest BCUT2D eigenvalue weighted by molar-refractivity contribution is 6.06. The molecule has 2 aromatic heterocycles. The molecule has 6 rings (SSSR count). The lowest BCUT2D eigenvalue weighted by Gasteiger charge is -2.37. The van der Waals surface area contributed by atoms with Crippen molar-refractivity contribution in [3.63, 3.8) is 0 Å². The van der Waals surface area contributed by atoms with E-state index >= 15 is 0 Å². The predicted octanol–water partition coefficient (Wildman–Crippen LogP) is 3.47. The number of amides is 2. The van der Waals surface area contributed by atoms with Crippen molar-refractivity contribution in [1.82, 2.24) is 24.5 Å². The first-order valence-corrected chi connectivity index (χ1v) is 13.2. The largest absolute Gasteiger partial charge is 0.390 e. The van der Waals surface area contributed by atoms with Crippen LogP contribution in [-0.2, 0) is 6.54 Å². The lowest BCUT2D eigenvalue weighted by molar-refractivity contribution is -0.00379. The number of aliphatic hydroxyl groups is 1. The summed E-state index contributed by atoms with van der Waals surface area (Å²) < 4.78 is 1.61. The molecule has 2 amide bonds. The van der Waals surface area contributed by atoms with Crippen molar-refractivity contribution in [3.8, 4) is 11.3 Å². The van der Waals surface area contributed by atoms with Gasteiger partial charge in [-0.25, -0.2) is 15.3 Å². The minimum absolute atomic E-state index is 0.0905. The van der Waals surface area contributed by atoms with Crippen LogP contribution in [0.1, 0.15) is 84.2 Å². The van der Waals surface area contributed by atoms with E-state index in [4.69, 9.17) is 10.9 Å². The number of carbonyl (C=O) groups is 2. The number of fused-ring (bicyclic) bond motifs is 2. The third kappa shape index (κ3) is 4.10. The van der Waals surface area contributed by atoms with Crippen molar-refractivity contribution in [1.29, 1.82) is 0 Å². The highest BCUT2D eigenvalue weighted by Crippen LogP contribution is 2.40. The van der Waals surface area contributed by atoms with Crippen molar-refractivity contribution in [2.24, 2.45) is 11.8 Å². The van der Waals surface area contributed by atoms with Crippen molar-refractivity contribution >= 4 is 17.5 Å². The van der Waals surface area contributed by atoms with Gasteiger partial charge in [0.05, 0.1) is 5.60 Å². The topological polar surface area (TPSA) is 117 Å². The Balaban J connectivity index is 1.38. The van der Waals surface area contributed by atoms with Crippen LogP contribution in [0.5, 0.6) is 0 Å². The van der Waals surface area contributed by atoms with Gasteiger partial charge < -0.3 is 10.0 Å². The second-order valence-electron chi connectivity index (χ2n) is 11.4. The highest BCUT2D eigenvalue weighted by Gasteiger charge is 2.40. The molecule has 3 aromatic rings. The molecular formula is C28H34N6O3. The van der Waals surface area contributed by atoms with Crippen LogP contribution in [0.4, 0.5) is 0 Å². The Hall–Kier alpha value is -3.30. The molecule has 3 N–H and O–H groups in total. The summed E-state index contributed by atoms with van der Waals surface area (Å²) in [5.41, 5.74) is 3.97. The molecule has 0 saturated heterocycles. The van der Waals surface area contributed by atoms with Gasteiger partial charge in [0, 0.05) is 42.1 Å². The second kappa shape index (κ2) is 8.63. The maximum absolute atomic E-state index is 13.9. The van der Waals surface area contributed by atoms with Crippen LogP contribution in [0.15, 0.2) is 30.6 Å². The molecule has 0 unspecified atom stereocenters. The van der Waals surface area contributed by atoms with Gasteiger partial charge in [-0.3, -0.25) is 14.6 Å². The maximum atomic E-state index is 13.9. The van der Waals surface area contributed by atoms with E-state index < -0.39 is 5.60 Å². The van der Waals surface area contributed by atoms with E-state index in [0.717, 1.165) is 22.3 Å². The van der Waals surface area contributed by atoms with Crippen LogP contribution in [-0.4, -0.2) is 59.1 Å². The fourth-order valence-corrected chi connectivity index (χ4v) is 6.07. The van der Waals surface area contributed by atoms with Gasteiger partial charge in [0.25, 0.3) is 11.8 Å². The maximum Gasteiger partial charge on any atom is 0.274 e. The lowest BCUT2D eigenvalue weighted by Crippen LogP contribution is -2.49. The number of benzene rings is 1. The molecule has 2 aliphatic carbocycles. The minimum atomic E-state index is -0.720. The first-order chi connectivity index (χ1) is 17.6. The predicted molar refractivity (Wildman–Crippen MR) is 138 cm³/mol. The van der Waals surface area contributed by atoms with Gasteiger partial charge in [-0.15, -0.1) is 0 Å². The second-order valence-corrected chi connectivity index (χ2v) is 11.4. The molecule has 0 bridgehead atoms. The Morgan fingerprint density at radius 3 is 2.68 bits per heavy atom. The quantitative estimate of drug-likeness (QED) is 0.313. The molecule has 37 heavy (non-hydrogen) atoms. The highest BCUT2D eigenvalue weighted by atomic mass is 16.3. The van der Waals surface area contributed by atoms with Crippen molar-refractivity contribution < 1.29 is 14.7 Å². The SMILES string of the molecule is Cc1cc(-c2nn3cccnc3c2C(=O)N(N)C2CCC(C)(O)CC2)cc2c1C(=O)N([C@@H](C)C1CC1)C2. The molecule has 3 aliphatic rings. The summed E-state index contributed by atoms with van der Waals surface area (Å²) in [7, 11) is 0. The number of hydrogen-bond acceptors (Lipinski definition) is 6. The van der Waals surface area contributed by atoms with E-state index in [1.165, 1.54) is 17.9 Å². The smallest absolute Gasteiger partial charge is 0.274 e. The number of carbonyl (C=O) groups excluding carboxylic acids is 2. The third-order valence-corrected chi connectivity index (χ3v) is 8.57. The fourth-order valence-electron chi connectivity index (χ4n) is 6.07. The number of rotatable bonds is 5. The number of nitrogens with zero attached hydrogens (tertiary/aromatic N) is 5. The van der Waals surface area contributed by atoms with Gasteiger partial charge in [-0.05, 0) is 94.5 Å². The number of aryl methyl sites for hydroxylation is 1. The molecule has 9 heteroatoms. The average Bonchev–Trinajstić information content (AvgIpc) is 3.57. The van der Waals surface area contributed by atoms with Crippen molar-refractivity contribution in [2.75, 3.05) is 0 Å². The molecule has 9 nitrogen and oxygen atoms in total. The number of nitrogens with two attached hydrogens (primary N) is 1. The lowest BCUT2D eigenvalue weighted by atomic mass is 9.83. The first kappa shape index (κ1) is 24.1. The van der Waals surface area contributed by atoms with E-state index in [0.29, 0.717) is 55.1 Å². The molecule has 2 saturated carbocycles. The van der Waals surface area contributed by atoms with Crippen molar-refractivity contribution in [2.45, 2.75) is 83.5 Å². The van der Waals surface area contributed by atoms with Crippen LogP contribution in [0, 0.1) is 12.8 Å². The van der Waals surface area contributed by atoms with Gasteiger partial charge in [-0.2, -0.15) is 5.10 Å². The van der Waals surface area contributed by atoms with Gasteiger partial charge in [0.2, 0.25) is 0 Å². The third-order valence-electron chi connectivity index (χ3n) is 8.57. The van der Waals surface area contributed by atoms with E-state index in [1.807, 2.05) is 30.9 Å². The van der Waals surface area contributed by atoms with Crippen LogP contribution in [0.2, 0.25) is 0 Å².